The van der Waals surface area contributed by atoms with Crippen LogP contribution in [0.1, 0.15) is 5.56 Å². The lowest BCUT2D eigenvalue weighted by Crippen LogP contribution is -2.37. The molecule has 2 N–H and O–H groups in total. The molecule has 0 bridgehead atoms. The number of imidazole rings is 1. The summed E-state index contributed by atoms with van der Waals surface area (Å²) in [5.74, 6) is -0.280. The molecule has 136 valence electrons. The van der Waals surface area contributed by atoms with Gasteiger partial charge in [-0.2, -0.15) is 10.1 Å². The summed E-state index contributed by atoms with van der Waals surface area (Å²) in [5, 5.41) is 13.2. The number of aliphatic hydroxyl groups excluding tert-OH is 1. The second-order valence-corrected chi connectivity index (χ2v) is 5.58. The highest BCUT2D eigenvalue weighted by molar-refractivity contribution is 5.80. The summed E-state index contributed by atoms with van der Waals surface area (Å²) in [5.41, 5.74) is 2.18. The van der Waals surface area contributed by atoms with Crippen molar-refractivity contribution in [1.82, 2.24) is 18.7 Å². The van der Waals surface area contributed by atoms with E-state index < -0.39 is 17.1 Å². The van der Waals surface area contributed by atoms with Crippen LogP contribution in [0.3, 0.4) is 0 Å². The molecular formula is C16H17FN6O3. The molecule has 0 aliphatic carbocycles. The van der Waals surface area contributed by atoms with E-state index in [4.69, 9.17) is 0 Å². The summed E-state index contributed by atoms with van der Waals surface area (Å²) >= 11 is 0. The Morgan fingerprint density at radius 1 is 1.27 bits per heavy atom. The molecule has 0 atom stereocenters. The molecule has 10 heteroatoms. The molecule has 0 spiro atoms. The van der Waals surface area contributed by atoms with Crippen LogP contribution in [-0.4, -0.2) is 36.6 Å². The Labute approximate surface area is 146 Å². The van der Waals surface area contributed by atoms with Crippen LogP contribution in [-0.2, 0) is 20.6 Å². The minimum Gasteiger partial charge on any atom is -0.395 e. The predicted molar refractivity (Wildman–Crippen MR) is 94.9 cm³/mol. The first-order valence-corrected chi connectivity index (χ1v) is 7.76. The number of nitrogens with one attached hydrogen (secondary N) is 1. The molecule has 3 aromatic rings. The fourth-order valence-corrected chi connectivity index (χ4v) is 2.59. The highest BCUT2D eigenvalue weighted by Crippen LogP contribution is 2.15. The highest BCUT2D eigenvalue weighted by atomic mass is 19.1. The topological polar surface area (TPSA) is 106 Å². The van der Waals surface area contributed by atoms with Crippen LogP contribution in [0.4, 0.5) is 10.3 Å². The fourth-order valence-electron chi connectivity index (χ4n) is 2.59. The zero-order valence-corrected chi connectivity index (χ0v) is 14.2. The summed E-state index contributed by atoms with van der Waals surface area (Å²) in [6.45, 7) is -0.176. The molecule has 3 rings (SSSR count). The molecule has 0 aliphatic heterocycles. The van der Waals surface area contributed by atoms with Crippen molar-refractivity contribution in [2.45, 2.75) is 6.54 Å². The number of nitrogens with zero attached hydrogens (tertiary/aromatic N) is 5. The maximum Gasteiger partial charge on any atom is 0.332 e. The van der Waals surface area contributed by atoms with E-state index in [2.05, 4.69) is 15.5 Å². The van der Waals surface area contributed by atoms with Crippen molar-refractivity contribution in [1.29, 1.82) is 0 Å². The Morgan fingerprint density at radius 3 is 2.69 bits per heavy atom. The van der Waals surface area contributed by atoms with Crippen LogP contribution in [0, 0.1) is 5.82 Å². The molecule has 2 heterocycles. The first kappa shape index (κ1) is 17.5. The summed E-state index contributed by atoms with van der Waals surface area (Å²) in [6.07, 6.45) is 1.27. The molecule has 0 fully saturated rings. The van der Waals surface area contributed by atoms with Gasteiger partial charge in [-0.3, -0.25) is 13.9 Å². The predicted octanol–water partition coefficient (Wildman–Crippen LogP) is 0.0111. The van der Waals surface area contributed by atoms with Gasteiger partial charge in [0.1, 0.15) is 5.82 Å². The zero-order chi connectivity index (χ0) is 18.8. The van der Waals surface area contributed by atoms with Gasteiger partial charge in [-0.15, -0.1) is 0 Å². The Hall–Kier alpha value is -3.27. The Bertz CT molecular complexity index is 1110. The van der Waals surface area contributed by atoms with Crippen molar-refractivity contribution in [3.63, 3.8) is 0 Å². The first-order valence-electron chi connectivity index (χ1n) is 7.76. The SMILES string of the molecule is Cn1c(=O)c2c(nc(NN=Cc3ccccc3F)n2CCO)n(C)c1=O. The van der Waals surface area contributed by atoms with Crippen molar-refractivity contribution >= 4 is 23.3 Å². The lowest BCUT2D eigenvalue weighted by atomic mass is 10.2. The molecule has 9 nitrogen and oxygen atoms in total. The first-order chi connectivity index (χ1) is 12.5. The number of hydrazone groups is 1. The number of fused-ring (bicyclic) bond motifs is 1. The molecule has 26 heavy (non-hydrogen) atoms. The van der Waals surface area contributed by atoms with Crippen LogP contribution >= 0.6 is 0 Å². The lowest BCUT2D eigenvalue weighted by molar-refractivity contribution is 0.278. The number of aryl methyl sites for hydroxylation is 1. The van der Waals surface area contributed by atoms with E-state index in [9.17, 15) is 19.1 Å². The summed E-state index contributed by atoms with van der Waals surface area (Å²) < 4.78 is 17.2. The van der Waals surface area contributed by atoms with Crippen LogP contribution < -0.4 is 16.7 Å². The van der Waals surface area contributed by atoms with Crippen molar-refractivity contribution in [3.05, 3.63) is 56.5 Å². The van der Waals surface area contributed by atoms with Gasteiger partial charge in [0.15, 0.2) is 11.2 Å². The smallest absolute Gasteiger partial charge is 0.332 e. The largest absolute Gasteiger partial charge is 0.395 e. The Morgan fingerprint density at radius 2 is 2.00 bits per heavy atom. The third-order valence-corrected chi connectivity index (χ3v) is 3.94. The number of hydrogen-bond donors (Lipinski definition) is 2. The van der Waals surface area contributed by atoms with E-state index in [1.807, 2.05) is 0 Å². The van der Waals surface area contributed by atoms with E-state index in [-0.39, 0.29) is 35.8 Å². The maximum atomic E-state index is 13.6. The molecule has 0 aliphatic rings. The second-order valence-electron chi connectivity index (χ2n) is 5.58. The van der Waals surface area contributed by atoms with Gasteiger partial charge in [0.25, 0.3) is 5.56 Å². The fraction of sp³-hybridized carbons (Fsp3) is 0.250. The molecule has 0 saturated carbocycles. The van der Waals surface area contributed by atoms with Gasteiger partial charge in [0.2, 0.25) is 5.95 Å². The summed E-state index contributed by atoms with van der Waals surface area (Å²) in [6, 6.07) is 6.10. The van der Waals surface area contributed by atoms with Gasteiger partial charge in [-0.1, -0.05) is 18.2 Å². The van der Waals surface area contributed by atoms with Gasteiger partial charge >= 0.3 is 5.69 Å². The molecule has 0 saturated heterocycles. The molecule has 1 aromatic carbocycles. The van der Waals surface area contributed by atoms with Crippen LogP contribution in [0.5, 0.6) is 0 Å². The van der Waals surface area contributed by atoms with Gasteiger partial charge in [-0.05, 0) is 6.07 Å². The van der Waals surface area contributed by atoms with Gasteiger partial charge in [0.05, 0.1) is 12.8 Å². The minimum atomic E-state index is -0.532. The number of hydrogen-bond acceptors (Lipinski definition) is 6. The van der Waals surface area contributed by atoms with Crippen LogP contribution in [0.2, 0.25) is 0 Å². The molecular weight excluding hydrogens is 343 g/mol. The van der Waals surface area contributed by atoms with Gasteiger partial charge < -0.3 is 9.67 Å². The number of anilines is 1. The van der Waals surface area contributed by atoms with E-state index in [0.29, 0.717) is 0 Å². The quantitative estimate of drug-likeness (QED) is 0.492. The van der Waals surface area contributed by atoms with Crippen molar-refractivity contribution in [2.75, 3.05) is 12.0 Å². The van der Waals surface area contributed by atoms with Crippen LogP contribution in [0.25, 0.3) is 11.2 Å². The lowest BCUT2D eigenvalue weighted by Gasteiger charge is -2.07. The number of benzene rings is 1. The molecule has 0 unspecified atom stereocenters. The van der Waals surface area contributed by atoms with E-state index in [1.54, 1.807) is 18.2 Å². The average molecular weight is 360 g/mol. The normalized spacial score (nSPS) is 11.5. The number of halogens is 1. The monoisotopic (exact) mass is 360 g/mol. The summed E-state index contributed by atoms with van der Waals surface area (Å²) in [4.78, 5) is 28.7. The molecule has 2 aromatic heterocycles. The Kier molecular flexibility index (Phi) is 4.67. The maximum absolute atomic E-state index is 13.6. The third-order valence-electron chi connectivity index (χ3n) is 3.94. The van der Waals surface area contributed by atoms with E-state index >= 15 is 0 Å². The molecule has 0 radical (unpaired) electrons. The van der Waals surface area contributed by atoms with Crippen molar-refractivity contribution in [3.8, 4) is 0 Å². The Balaban J connectivity index is 2.08. The minimum absolute atomic E-state index is 0.0709. The van der Waals surface area contributed by atoms with Crippen molar-refractivity contribution in [2.24, 2.45) is 19.2 Å². The molecule has 0 amide bonds. The number of aliphatic hydroxyl groups is 1. The second kappa shape index (κ2) is 6.92. The standard InChI is InChI=1S/C16H17FN6O3/c1-21-13-12(14(25)22(2)16(21)26)23(7-8-24)15(19-13)20-18-9-10-5-3-4-6-11(10)17/h3-6,9,24H,7-8H2,1-2H3,(H,19,20). The van der Waals surface area contributed by atoms with E-state index in [1.165, 1.54) is 35.5 Å². The van der Waals surface area contributed by atoms with Gasteiger partial charge in [0, 0.05) is 26.2 Å². The number of aromatic nitrogens is 4. The number of rotatable bonds is 5. The zero-order valence-electron chi connectivity index (χ0n) is 14.2. The average Bonchev–Trinajstić information content (AvgIpc) is 2.99. The third kappa shape index (κ3) is 2.90. The summed E-state index contributed by atoms with van der Waals surface area (Å²) in [7, 11) is 2.86. The highest BCUT2D eigenvalue weighted by Gasteiger charge is 2.18. The van der Waals surface area contributed by atoms with Gasteiger partial charge in [-0.25, -0.2) is 14.6 Å². The van der Waals surface area contributed by atoms with Crippen LogP contribution in [0.15, 0.2) is 39.0 Å². The van der Waals surface area contributed by atoms with Crippen molar-refractivity contribution < 1.29 is 9.50 Å². The van der Waals surface area contributed by atoms with E-state index in [0.717, 1.165) is 4.57 Å².